The van der Waals surface area contributed by atoms with Gasteiger partial charge in [0, 0.05) is 11.6 Å². The summed E-state index contributed by atoms with van der Waals surface area (Å²) in [5.74, 6) is -1.60. The summed E-state index contributed by atoms with van der Waals surface area (Å²) in [5, 5.41) is 2.67. The van der Waals surface area contributed by atoms with Crippen LogP contribution < -0.4 is 5.32 Å². The number of rotatable bonds is 3. The molecular formula is C14H15F4NO. The molecule has 1 aliphatic carbocycles. The van der Waals surface area contributed by atoms with Gasteiger partial charge in [-0.15, -0.1) is 0 Å². The minimum absolute atomic E-state index is 0.0874. The zero-order valence-corrected chi connectivity index (χ0v) is 10.9. The molecule has 0 heterocycles. The largest absolute Gasteiger partial charge is 0.419 e. The summed E-state index contributed by atoms with van der Waals surface area (Å²) in [6.07, 6.45) is -1.67. The lowest BCUT2D eigenvalue weighted by Crippen LogP contribution is -2.40. The van der Waals surface area contributed by atoms with Gasteiger partial charge in [0.1, 0.15) is 5.82 Å². The molecule has 1 aliphatic rings. The van der Waals surface area contributed by atoms with E-state index in [9.17, 15) is 22.4 Å². The summed E-state index contributed by atoms with van der Waals surface area (Å²) in [7, 11) is 0. The minimum atomic E-state index is -4.81. The van der Waals surface area contributed by atoms with Crippen LogP contribution in [-0.4, -0.2) is 11.9 Å². The summed E-state index contributed by atoms with van der Waals surface area (Å²) in [4.78, 5) is 11.9. The second-order valence-electron chi connectivity index (χ2n) is 5.15. The van der Waals surface area contributed by atoms with Crippen molar-refractivity contribution < 1.29 is 22.4 Å². The maximum Gasteiger partial charge on any atom is 0.419 e. The van der Waals surface area contributed by atoms with E-state index >= 15 is 0 Å². The van der Waals surface area contributed by atoms with E-state index < -0.39 is 23.5 Å². The topological polar surface area (TPSA) is 29.1 Å². The Balaban J connectivity index is 2.13. The Bertz CT molecular complexity index is 508. The van der Waals surface area contributed by atoms with Crippen molar-refractivity contribution in [2.45, 2.75) is 38.4 Å². The summed E-state index contributed by atoms with van der Waals surface area (Å²) in [6.45, 7) is 1.83. The van der Waals surface area contributed by atoms with Crippen LogP contribution in [0.15, 0.2) is 18.2 Å². The van der Waals surface area contributed by atoms with Gasteiger partial charge in [-0.25, -0.2) is 4.39 Å². The lowest BCUT2D eigenvalue weighted by molar-refractivity contribution is -0.140. The molecule has 6 heteroatoms. The fourth-order valence-corrected chi connectivity index (χ4v) is 2.23. The monoisotopic (exact) mass is 289 g/mol. The number of hydrogen-bond donors (Lipinski definition) is 1. The zero-order valence-electron chi connectivity index (χ0n) is 10.9. The predicted molar refractivity (Wildman–Crippen MR) is 65.7 cm³/mol. The lowest BCUT2D eigenvalue weighted by Gasteiger charge is -2.31. The average Bonchev–Trinajstić information content (AvgIpc) is 2.25. The Kier molecular flexibility index (Phi) is 4.01. The predicted octanol–water partition coefficient (Wildman–Crippen LogP) is 3.76. The van der Waals surface area contributed by atoms with Crippen molar-refractivity contribution in [3.63, 3.8) is 0 Å². The third-order valence-electron chi connectivity index (χ3n) is 3.75. The number of benzene rings is 1. The molecule has 110 valence electrons. The van der Waals surface area contributed by atoms with E-state index in [1.807, 2.05) is 6.92 Å². The maximum absolute atomic E-state index is 13.1. The van der Waals surface area contributed by atoms with Crippen LogP contribution in [0.1, 0.15) is 42.1 Å². The Morgan fingerprint density at radius 2 is 2.00 bits per heavy atom. The second-order valence-corrected chi connectivity index (χ2v) is 5.15. The van der Waals surface area contributed by atoms with Crippen molar-refractivity contribution in [3.05, 3.63) is 35.1 Å². The van der Waals surface area contributed by atoms with Crippen molar-refractivity contribution in [1.29, 1.82) is 0 Å². The van der Waals surface area contributed by atoms with Crippen LogP contribution in [0, 0.1) is 11.7 Å². The van der Waals surface area contributed by atoms with Crippen molar-refractivity contribution in [3.8, 4) is 0 Å². The molecule has 1 aromatic carbocycles. The summed E-state index contributed by atoms with van der Waals surface area (Å²) < 4.78 is 50.9. The fraction of sp³-hybridized carbons (Fsp3) is 0.500. The van der Waals surface area contributed by atoms with Crippen molar-refractivity contribution in [1.82, 2.24) is 5.32 Å². The molecule has 20 heavy (non-hydrogen) atoms. The van der Waals surface area contributed by atoms with Crippen molar-refractivity contribution in [2.24, 2.45) is 5.92 Å². The third-order valence-corrected chi connectivity index (χ3v) is 3.75. The molecule has 0 saturated heterocycles. The number of hydrogen-bond acceptors (Lipinski definition) is 1. The maximum atomic E-state index is 13.1. The molecule has 0 bridgehead atoms. The molecule has 2 rings (SSSR count). The number of nitrogens with one attached hydrogen (secondary N) is 1. The SMILES string of the molecule is CC(NC(=O)c1ccc(F)c(C(F)(F)F)c1)C1CCC1. The van der Waals surface area contributed by atoms with Crippen LogP contribution in [-0.2, 0) is 6.18 Å². The molecule has 0 aliphatic heterocycles. The highest BCUT2D eigenvalue weighted by Crippen LogP contribution is 2.32. The normalized spacial score (nSPS) is 17.4. The first kappa shape index (κ1) is 14.8. The molecule has 1 N–H and O–H groups in total. The van der Waals surface area contributed by atoms with Crippen LogP contribution >= 0.6 is 0 Å². The number of carbonyl (C=O) groups excluding carboxylic acids is 1. The van der Waals surface area contributed by atoms with Gasteiger partial charge in [0.2, 0.25) is 0 Å². The van der Waals surface area contributed by atoms with Gasteiger partial charge in [-0.3, -0.25) is 4.79 Å². The first-order valence-corrected chi connectivity index (χ1v) is 6.46. The second kappa shape index (κ2) is 5.42. The number of halogens is 4. The van der Waals surface area contributed by atoms with E-state index in [1.165, 1.54) is 0 Å². The highest BCUT2D eigenvalue weighted by Gasteiger charge is 2.35. The van der Waals surface area contributed by atoms with E-state index in [0.29, 0.717) is 18.1 Å². The number of amides is 1. The summed E-state index contributed by atoms with van der Waals surface area (Å²) >= 11 is 0. The first-order chi connectivity index (χ1) is 9.29. The van der Waals surface area contributed by atoms with Crippen LogP contribution in [0.5, 0.6) is 0 Å². The Hall–Kier alpha value is -1.59. The van der Waals surface area contributed by atoms with E-state index in [-0.39, 0.29) is 11.6 Å². The van der Waals surface area contributed by atoms with Crippen LogP contribution in [0.3, 0.4) is 0 Å². The van der Waals surface area contributed by atoms with E-state index in [2.05, 4.69) is 5.32 Å². The molecule has 1 fully saturated rings. The zero-order chi connectivity index (χ0) is 14.9. The third kappa shape index (κ3) is 3.11. The highest BCUT2D eigenvalue weighted by atomic mass is 19.4. The van der Waals surface area contributed by atoms with Gasteiger partial charge in [0.15, 0.2) is 0 Å². The molecule has 1 unspecified atom stereocenters. The molecule has 0 aromatic heterocycles. The van der Waals surface area contributed by atoms with Crippen molar-refractivity contribution >= 4 is 5.91 Å². The molecule has 1 amide bonds. The molecule has 2 nitrogen and oxygen atoms in total. The Labute approximate surface area is 114 Å². The highest BCUT2D eigenvalue weighted by molar-refractivity contribution is 5.94. The van der Waals surface area contributed by atoms with E-state index in [1.54, 1.807) is 0 Å². The minimum Gasteiger partial charge on any atom is -0.349 e. The summed E-state index contributed by atoms with van der Waals surface area (Å²) in [5.41, 5.74) is -1.59. The molecular weight excluding hydrogens is 274 g/mol. The van der Waals surface area contributed by atoms with Gasteiger partial charge in [0.05, 0.1) is 5.56 Å². The smallest absolute Gasteiger partial charge is 0.349 e. The quantitative estimate of drug-likeness (QED) is 0.843. The van der Waals surface area contributed by atoms with Crippen LogP contribution in [0.25, 0.3) is 0 Å². The van der Waals surface area contributed by atoms with E-state index in [0.717, 1.165) is 25.3 Å². The molecule has 1 atom stereocenters. The Morgan fingerprint density at radius 1 is 1.35 bits per heavy atom. The van der Waals surface area contributed by atoms with Gasteiger partial charge >= 0.3 is 6.18 Å². The number of alkyl halides is 3. The van der Waals surface area contributed by atoms with Crippen LogP contribution in [0.4, 0.5) is 17.6 Å². The first-order valence-electron chi connectivity index (χ1n) is 6.46. The van der Waals surface area contributed by atoms with Gasteiger partial charge < -0.3 is 5.32 Å². The molecule has 0 radical (unpaired) electrons. The summed E-state index contributed by atoms with van der Waals surface area (Å²) in [6, 6.07) is 2.20. The van der Waals surface area contributed by atoms with Gasteiger partial charge in [-0.1, -0.05) is 6.42 Å². The van der Waals surface area contributed by atoms with Crippen LogP contribution in [0.2, 0.25) is 0 Å². The lowest BCUT2D eigenvalue weighted by atomic mass is 9.80. The van der Waals surface area contributed by atoms with Gasteiger partial charge in [-0.2, -0.15) is 13.2 Å². The molecule has 1 saturated carbocycles. The van der Waals surface area contributed by atoms with Crippen molar-refractivity contribution in [2.75, 3.05) is 0 Å². The van der Waals surface area contributed by atoms with Gasteiger partial charge in [0.25, 0.3) is 5.91 Å². The standard InChI is InChI=1S/C14H15F4NO/c1-8(9-3-2-4-9)19-13(20)10-5-6-12(15)11(7-10)14(16,17)18/h5-9H,2-4H2,1H3,(H,19,20). The molecule has 0 spiro atoms. The van der Waals surface area contributed by atoms with E-state index in [4.69, 9.17) is 0 Å². The number of carbonyl (C=O) groups is 1. The average molecular weight is 289 g/mol. The fourth-order valence-electron chi connectivity index (χ4n) is 2.23. The Morgan fingerprint density at radius 3 is 2.50 bits per heavy atom. The van der Waals surface area contributed by atoms with Gasteiger partial charge in [-0.05, 0) is 43.9 Å². The molecule has 1 aromatic rings.